The molecule has 11 heteroatoms. The van der Waals surface area contributed by atoms with E-state index in [-0.39, 0.29) is 31.9 Å². The topological polar surface area (TPSA) is 96.6 Å². The Morgan fingerprint density at radius 1 is 1.04 bits per heavy atom. The molecule has 0 atom stereocenters. The molecular weight excluding hydrogens is 370 g/mol. The van der Waals surface area contributed by atoms with Gasteiger partial charge in [0.2, 0.25) is 10.0 Å². The summed E-state index contributed by atoms with van der Waals surface area (Å²) in [6.07, 6.45) is 1.12. The number of piperazine rings is 1. The standard InChI is InChI=1S/C15H14F2N4O4S/c16-12-2-1-3-13(17)15(12)26(24,25)20-8-6-19(7-9-20)14-5-4-11(10-18-14)21(22)23/h1-5,10H,6-9H2. The van der Waals surface area contributed by atoms with Gasteiger partial charge in [-0.2, -0.15) is 4.31 Å². The maximum Gasteiger partial charge on any atom is 0.287 e. The number of sulfonamides is 1. The normalized spacial score (nSPS) is 15.8. The average Bonchev–Trinajstić information content (AvgIpc) is 2.61. The third-order valence-electron chi connectivity index (χ3n) is 4.02. The van der Waals surface area contributed by atoms with Crippen molar-refractivity contribution in [2.75, 3.05) is 31.1 Å². The van der Waals surface area contributed by atoms with Crippen LogP contribution in [0.5, 0.6) is 0 Å². The van der Waals surface area contributed by atoms with E-state index >= 15 is 0 Å². The number of halogens is 2. The first-order chi connectivity index (χ1) is 12.3. The minimum Gasteiger partial charge on any atom is -0.354 e. The van der Waals surface area contributed by atoms with Crippen molar-refractivity contribution in [2.45, 2.75) is 4.90 Å². The van der Waals surface area contributed by atoms with E-state index in [0.717, 1.165) is 28.7 Å². The number of rotatable bonds is 4. The average molecular weight is 384 g/mol. The molecule has 1 saturated heterocycles. The summed E-state index contributed by atoms with van der Waals surface area (Å²) < 4.78 is 53.7. The van der Waals surface area contributed by atoms with Crippen molar-refractivity contribution in [3.8, 4) is 0 Å². The van der Waals surface area contributed by atoms with Gasteiger partial charge in [-0.05, 0) is 18.2 Å². The molecular formula is C15H14F2N4O4S. The molecule has 0 N–H and O–H groups in total. The summed E-state index contributed by atoms with van der Waals surface area (Å²) in [4.78, 5) is 14.9. The van der Waals surface area contributed by atoms with Gasteiger partial charge in [0.15, 0.2) is 4.90 Å². The van der Waals surface area contributed by atoms with Crippen molar-refractivity contribution < 1.29 is 22.1 Å². The summed E-state index contributed by atoms with van der Waals surface area (Å²) in [5.41, 5.74) is -0.148. The number of hydrogen-bond donors (Lipinski definition) is 0. The predicted molar refractivity (Wildman–Crippen MR) is 88.2 cm³/mol. The van der Waals surface area contributed by atoms with E-state index < -0.39 is 31.5 Å². The molecule has 0 unspecified atom stereocenters. The van der Waals surface area contributed by atoms with E-state index in [1.807, 2.05) is 0 Å². The first kappa shape index (κ1) is 18.1. The monoisotopic (exact) mass is 384 g/mol. The Hall–Kier alpha value is -2.66. The fraction of sp³-hybridized carbons (Fsp3) is 0.267. The van der Waals surface area contributed by atoms with Crippen LogP contribution < -0.4 is 4.90 Å². The van der Waals surface area contributed by atoms with Crippen molar-refractivity contribution >= 4 is 21.5 Å². The van der Waals surface area contributed by atoms with Gasteiger partial charge in [0, 0.05) is 32.2 Å². The fourth-order valence-electron chi connectivity index (χ4n) is 2.69. The Bertz CT molecular complexity index is 909. The highest BCUT2D eigenvalue weighted by Gasteiger charge is 2.33. The van der Waals surface area contributed by atoms with Gasteiger partial charge in [0.1, 0.15) is 23.6 Å². The first-order valence-electron chi connectivity index (χ1n) is 7.60. The Labute approximate surface area is 147 Å². The Balaban J connectivity index is 1.75. The highest BCUT2D eigenvalue weighted by atomic mass is 32.2. The van der Waals surface area contributed by atoms with Crippen LogP contribution in [0.3, 0.4) is 0 Å². The summed E-state index contributed by atoms with van der Waals surface area (Å²) >= 11 is 0. The summed E-state index contributed by atoms with van der Waals surface area (Å²) in [5, 5.41) is 10.6. The van der Waals surface area contributed by atoms with Crippen molar-refractivity contribution in [3.63, 3.8) is 0 Å². The van der Waals surface area contributed by atoms with Crippen molar-refractivity contribution in [1.82, 2.24) is 9.29 Å². The van der Waals surface area contributed by atoms with E-state index in [1.165, 1.54) is 12.1 Å². The van der Waals surface area contributed by atoms with Gasteiger partial charge in [-0.25, -0.2) is 22.2 Å². The summed E-state index contributed by atoms with van der Waals surface area (Å²) in [5.74, 6) is -1.81. The van der Waals surface area contributed by atoms with Crippen LogP contribution in [0.15, 0.2) is 41.4 Å². The smallest absolute Gasteiger partial charge is 0.287 e. The quantitative estimate of drug-likeness (QED) is 0.589. The maximum absolute atomic E-state index is 13.8. The molecule has 0 saturated carbocycles. The van der Waals surface area contributed by atoms with Gasteiger partial charge in [0.05, 0.1) is 4.92 Å². The number of pyridine rings is 1. The van der Waals surface area contributed by atoms with Crippen molar-refractivity contribution in [1.29, 1.82) is 0 Å². The number of hydrogen-bond acceptors (Lipinski definition) is 6. The minimum absolute atomic E-state index is 0.00871. The van der Waals surface area contributed by atoms with E-state index in [4.69, 9.17) is 0 Å². The molecule has 1 aromatic carbocycles. The first-order valence-corrected chi connectivity index (χ1v) is 9.04. The number of benzene rings is 1. The van der Waals surface area contributed by atoms with Crippen LogP contribution in [0, 0.1) is 21.7 Å². The number of anilines is 1. The fourth-order valence-corrected chi connectivity index (χ4v) is 4.22. The van der Waals surface area contributed by atoms with Crippen LogP contribution in [-0.4, -0.2) is 48.8 Å². The Morgan fingerprint density at radius 2 is 1.65 bits per heavy atom. The third kappa shape index (κ3) is 3.35. The van der Waals surface area contributed by atoms with E-state index in [9.17, 15) is 27.3 Å². The maximum atomic E-state index is 13.8. The molecule has 138 valence electrons. The Kier molecular flexibility index (Phi) is 4.83. The van der Waals surface area contributed by atoms with Crippen LogP contribution in [0.25, 0.3) is 0 Å². The van der Waals surface area contributed by atoms with Gasteiger partial charge >= 0.3 is 0 Å². The second-order valence-electron chi connectivity index (χ2n) is 5.57. The third-order valence-corrected chi connectivity index (χ3v) is 5.97. The zero-order chi connectivity index (χ0) is 18.9. The highest BCUT2D eigenvalue weighted by Crippen LogP contribution is 2.25. The van der Waals surface area contributed by atoms with Crippen molar-refractivity contribution in [2.24, 2.45) is 0 Å². The molecule has 1 fully saturated rings. The number of aromatic nitrogens is 1. The van der Waals surface area contributed by atoms with Gasteiger partial charge in [-0.15, -0.1) is 0 Å². The van der Waals surface area contributed by atoms with Crippen LogP contribution in [0.4, 0.5) is 20.3 Å². The second kappa shape index (κ2) is 6.92. The molecule has 1 aromatic heterocycles. The molecule has 0 bridgehead atoms. The number of nitrogens with zero attached hydrogens (tertiary/aromatic N) is 4. The largest absolute Gasteiger partial charge is 0.354 e. The lowest BCUT2D eigenvalue weighted by molar-refractivity contribution is -0.385. The molecule has 0 aliphatic carbocycles. The predicted octanol–water partition coefficient (Wildman–Crippen LogP) is 1.78. The minimum atomic E-state index is -4.30. The second-order valence-corrected chi connectivity index (χ2v) is 7.45. The van der Waals surface area contributed by atoms with E-state index in [2.05, 4.69) is 4.98 Å². The van der Waals surface area contributed by atoms with Crippen LogP contribution >= 0.6 is 0 Å². The van der Waals surface area contributed by atoms with Gasteiger partial charge < -0.3 is 4.90 Å². The molecule has 0 spiro atoms. The summed E-state index contributed by atoms with van der Waals surface area (Å²) in [6, 6.07) is 5.67. The van der Waals surface area contributed by atoms with E-state index in [1.54, 1.807) is 4.90 Å². The zero-order valence-corrected chi connectivity index (χ0v) is 14.2. The van der Waals surface area contributed by atoms with Crippen LogP contribution in [-0.2, 0) is 10.0 Å². The Morgan fingerprint density at radius 3 is 2.15 bits per heavy atom. The molecule has 1 aliphatic heterocycles. The molecule has 0 amide bonds. The summed E-state index contributed by atoms with van der Waals surface area (Å²) in [7, 11) is -4.30. The molecule has 2 aromatic rings. The highest BCUT2D eigenvalue weighted by molar-refractivity contribution is 7.89. The van der Waals surface area contributed by atoms with Gasteiger partial charge in [0.25, 0.3) is 5.69 Å². The lowest BCUT2D eigenvalue weighted by atomic mass is 10.3. The number of nitro groups is 1. The van der Waals surface area contributed by atoms with Crippen LogP contribution in [0.2, 0.25) is 0 Å². The molecule has 2 heterocycles. The lowest BCUT2D eigenvalue weighted by Crippen LogP contribution is -2.49. The van der Waals surface area contributed by atoms with Gasteiger partial charge in [-0.3, -0.25) is 10.1 Å². The molecule has 26 heavy (non-hydrogen) atoms. The van der Waals surface area contributed by atoms with Crippen molar-refractivity contribution in [3.05, 3.63) is 58.3 Å². The summed E-state index contributed by atoms with van der Waals surface area (Å²) in [6.45, 7) is 0.490. The van der Waals surface area contributed by atoms with Crippen LogP contribution in [0.1, 0.15) is 0 Å². The van der Waals surface area contributed by atoms with Gasteiger partial charge in [-0.1, -0.05) is 6.07 Å². The SMILES string of the molecule is O=[N+]([O-])c1ccc(N2CCN(S(=O)(=O)c3c(F)cccc3F)CC2)nc1. The molecule has 8 nitrogen and oxygen atoms in total. The molecule has 3 rings (SSSR count). The lowest BCUT2D eigenvalue weighted by Gasteiger charge is -2.34. The zero-order valence-electron chi connectivity index (χ0n) is 13.4. The van der Waals surface area contributed by atoms with E-state index in [0.29, 0.717) is 5.82 Å². The molecule has 0 radical (unpaired) electrons. The molecule has 1 aliphatic rings.